The van der Waals surface area contributed by atoms with Crippen LogP contribution in [-0.4, -0.2) is 41.7 Å². The minimum atomic E-state index is -0.366. The average Bonchev–Trinajstić information content (AvgIpc) is 2.81. The van der Waals surface area contributed by atoms with E-state index in [2.05, 4.69) is 0 Å². The number of esters is 1. The zero-order valence-electron chi connectivity index (χ0n) is 12.4. The van der Waals surface area contributed by atoms with Gasteiger partial charge in [0.25, 0.3) is 0 Å². The van der Waals surface area contributed by atoms with Crippen molar-refractivity contribution in [3.63, 3.8) is 0 Å². The van der Waals surface area contributed by atoms with E-state index in [4.69, 9.17) is 16.3 Å². The number of thioether (sulfide) groups is 1. The highest BCUT2D eigenvalue weighted by molar-refractivity contribution is 7.99. The van der Waals surface area contributed by atoms with Crippen LogP contribution in [0.3, 0.4) is 0 Å². The molecule has 1 rings (SSSR count). The second kappa shape index (κ2) is 9.33. The lowest BCUT2D eigenvalue weighted by molar-refractivity contribution is -0.149. The SMILES string of the molecule is CCOC(=O)CN(C(=O)CSCc1ccc(Cl)s1)C(C)C. The summed E-state index contributed by atoms with van der Waals surface area (Å²) in [4.78, 5) is 26.4. The summed E-state index contributed by atoms with van der Waals surface area (Å²) in [5.74, 6) is 0.668. The normalized spacial score (nSPS) is 10.7. The molecule has 4 nitrogen and oxygen atoms in total. The summed E-state index contributed by atoms with van der Waals surface area (Å²) in [6, 6.07) is 3.78. The van der Waals surface area contributed by atoms with Crippen molar-refractivity contribution in [2.45, 2.75) is 32.6 Å². The van der Waals surface area contributed by atoms with E-state index < -0.39 is 0 Å². The molecule has 0 bridgehead atoms. The topological polar surface area (TPSA) is 46.6 Å². The molecule has 0 aromatic carbocycles. The monoisotopic (exact) mass is 349 g/mol. The standard InChI is InChI=1S/C14H20ClNO3S2/c1-4-19-14(18)7-16(10(2)3)13(17)9-20-8-11-5-6-12(15)21-11/h5-6,10H,4,7-9H2,1-3H3. The van der Waals surface area contributed by atoms with Gasteiger partial charge in [-0.3, -0.25) is 9.59 Å². The first-order valence-electron chi connectivity index (χ1n) is 6.71. The van der Waals surface area contributed by atoms with E-state index in [-0.39, 0.29) is 24.5 Å². The molecule has 0 radical (unpaired) electrons. The zero-order chi connectivity index (χ0) is 15.8. The molecule has 0 saturated carbocycles. The molecule has 0 aliphatic heterocycles. The van der Waals surface area contributed by atoms with E-state index in [9.17, 15) is 9.59 Å². The smallest absolute Gasteiger partial charge is 0.325 e. The van der Waals surface area contributed by atoms with Crippen molar-refractivity contribution < 1.29 is 14.3 Å². The minimum Gasteiger partial charge on any atom is -0.465 e. The maximum atomic E-state index is 12.2. The van der Waals surface area contributed by atoms with Gasteiger partial charge in [0.2, 0.25) is 5.91 Å². The van der Waals surface area contributed by atoms with Crippen LogP contribution in [0.15, 0.2) is 12.1 Å². The average molecular weight is 350 g/mol. The van der Waals surface area contributed by atoms with Gasteiger partial charge in [-0.25, -0.2) is 0 Å². The Bertz CT molecular complexity index is 477. The van der Waals surface area contributed by atoms with Crippen LogP contribution in [0.4, 0.5) is 0 Å². The highest BCUT2D eigenvalue weighted by atomic mass is 35.5. The number of hydrogen-bond donors (Lipinski definition) is 0. The van der Waals surface area contributed by atoms with E-state index in [1.54, 1.807) is 11.8 Å². The van der Waals surface area contributed by atoms with Crippen molar-refractivity contribution in [1.29, 1.82) is 0 Å². The van der Waals surface area contributed by atoms with Crippen molar-refractivity contribution in [3.8, 4) is 0 Å². The van der Waals surface area contributed by atoms with E-state index in [1.165, 1.54) is 23.1 Å². The fourth-order valence-corrected chi connectivity index (χ4v) is 3.76. The number of nitrogens with zero attached hydrogens (tertiary/aromatic N) is 1. The first-order valence-corrected chi connectivity index (χ1v) is 9.06. The van der Waals surface area contributed by atoms with Crippen LogP contribution in [0.25, 0.3) is 0 Å². The Hall–Kier alpha value is -0.720. The van der Waals surface area contributed by atoms with Gasteiger partial charge < -0.3 is 9.64 Å². The molecule has 1 aromatic rings. The van der Waals surface area contributed by atoms with Crippen LogP contribution < -0.4 is 0 Å². The van der Waals surface area contributed by atoms with Gasteiger partial charge >= 0.3 is 5.97 Å². The number of thiophene rings is 1. The van der Waals surface area contributed by atoms with Gasteiger partial charge in [-0.05, 0) is 32.9 Å². The lowest BCUT2D eigenvalue weighted by Crippen LogP contribution is -2.42. The largest absolute Gasteiger partial charge is 0.465 e. The van der Waals surface area contributed by atoms with Gasteiger partial charge in [-0.1, -0.05) is 11.6 Å². The predicted octanol–water partition coefficient (Wildman–Crippen LogP) is 3.43. The molecule has 0 atom stereocenters. The molecule has 1 aromatic heterocycles. The maximum absolute atomic E-state index is 12.2. The third kappa shape index (κ3) is 6.72. The summed E-state index contributed by atoms with van der Waals surface area (Å²) in [5.41, 5.74) is 0. The molecule has 0 saturated heterocycles. The van der Waals surface area contributed by atoms with Crippen LogP contribution in [0, 0.1) is 0 Å². The Kier molecular flexibility index (Phi) is 8.14. The zero-order valence-corrected chi connectivity index (χ0v) is 14.8. The summed E-state index contributed by atoms with van der Waals surface area (Å²) >= 11 is 8.90. The lowest BCUT2D eigenvalue weighted by Gasteiger charge is -2.25. The third-order valence-electron chi connectivity index (χ3n) is 2.65. The Morgan fingerprint density at radius 3 is 2.67 bits per heavy atom. The van der Waals surface area contributed by atoms with Crippen LogP contribution in [0.2, 0.25) is 4.34 Å². The first-order chi connectivity index (χ1) is 9.93. The highest BCUT2D eigenvalue weighted by Gasteiger charge is 2.20. The molecular weight excluding hydrogens is 330 g/mol. The van der Waals surface area contributed by atoms with Crippen molar-refractivity contribution in [2.75, 3.05) is 18.9 Å². The minimum absolute atomic E-state index is 0.00965. The first kappa shape index (κ1) is 18.3. The molecular formula is C14H20ClNO3S2. The number of amides is 1. The predicted molar refractivity (Wildman–Crippen MR) is 89.0 cm³/mol. The van der Waals surface area contributed by atoms with Crippen molar-refractivity contribution in [1.82, 2.24) is 4.90 Å². The number of rotatable bonds is 8. The molecule has 0 unspecified atom stereocenters. The summed E-state index contributed by atoms with van der Waals surface area (Å²) in [7, 11) is 0. The van der Waals surface area contributed by atoms with Gasteiger partial charge in [0.15, 0.2) is 0 Å². The van der Waals surface area contributed by atoms with Gasteiger partial charge in [0, 0.05) is 16.7 Å². The third-order valence-corrected chi connectivity index (χ3v) is 5.03. The van der Waals surface area contributed by atoms with Crippen LogP contribution >= 0.6 is 34.7 Å². The van der Waals surface area contributed by atoms with Gasteiger partial charge in [-0.15, -0.1) is 23.1 Å². The molecule has 1 amide bonds. The van der Waals surface area contributed by atoms with Gasteiger partial charge in [0.05, 0.1) is 16.7 Å². The van der Waals surface area contributed by atoms with Gasteiger partial charge in [-0.2, -0.15) is 0 Å². The molecule has 0 aliphatic rings. The summed E-state index contributed by atoms with van der Waals surface area (Å²) in [6.45, 7) is 5.87. The van der Waals surface area contributed by atoms with E-state index in [0.29, 0.717) is 12.4 Å². The van der Waals surface area contributed by atoms with E-state index in [1.807, 2.05) is 26.0 Å². The Balaban J connectivity index is 2.43. The summed E-state index contributed by atoms with van der Waals surface area (Å²) < 4.78 is 5.65. The second-order valence-electron chi connectivity index (χ2n) is 4.62. The summed E-state index contributed by atoms with van der Waals surface area (Å²) in [6.07, 6.45) is 0. The maximum Gasteiger partial charge on any atom is 0.325 e. The molecule has 0 fully saturated rings. The van der Waals surface area contributed by atoms with Crippen LogP contribution in [0.1, 0.15) is 25.6 Å². The second-order valence-corrected chi connectivity index (χ2v) is 7.40. The molecule has 7 heteroatoms. The van der Waals surface area contributed by atoms with Crippen molar-refractivity contribution in [2.24, 2.45) is 0 Å². The number of halogens is 1. The van der Waals surface area contributed by atoms with Crippen molar-refractivity contribution >= 4 is 46.6 Å². The molecule has 118 valence electrons. The molecule has 21 heavy (non-hydrogen) atoms. The number of carbonyl (C=O) groups is 2. The Morgan fingerprint density at radius 1 is 1.43 bits per heavy atom. The summed E-state index contributed by atoms with van der Waals surface area (Å²) in [5, 5.41) is 0. The number of carbonyl (C=O) groups excluding carboxylic acids is 2. The highest BCUT2D eigenvalue weighted by Crippen LogP contribution is 2.25. The molecule has 0 aliphatic carbocycles. The fraction of sp³-hybridized carbons (Fsp3) is 0.571. The number of hydrogen-bond acceptors (Lipinski definition) is 5. The van der Waals surface area contributed by atoms with Crippen molar-refractivity contribution in [3.05, 3.63) is 21.3 Å². The quantitative estimate of drug-likeness (QED) is 0.674. The van der Waals surface area contributed by atoms with E-state index >= 15 is 0 Å². The Morgan fingerprint density at radius 2 is 2.14 bits per heavy atom. The molecule has 1 heterocycles. The molecule has 0 N–H and O–H groups in total. The fourth-order valence-electron chi connectivity index (χ4n) is 1.66. The molecule has 0 spiro atoms. The Labute approximate surface area is 138 Å². The van der Waals surface area contributed by atoms with Crippen LogP contribution in [-0.2, 0) is 20.1 Å². The lowest BCUT2D eigenvalue weighted by atomic mass is 10.3. The number of ether oxygens (including phenoxy) is 1. The van der Waals surface area contributed by atoms with Gasteiger partial charge in [0.1, 0.15) is 6.54 Å². The van der Waals surface area contributed by atoms with Crippen LogP contribution in [0.5, 0.6) is 0 Å². The van der Waals surface area contributed by atoms with E-state index in [0.717, 1.165) is 15.0 Å².